The quantitative estimate of drug-likeness (QED) is 0.667. The third kappa shape index (κ3) is 2.23. The Morgan fingerprint density at radius 3 is 2.35 bits per heavy atom. The lowest BCUT2D eigenvalue weighted by Crippen LogP contribution is -2.29. The van der Waals surface area contributed by atoms with Gasteiger partial charge in [-0.25, -0.2) is 4.90 Å². The van der Waals surface area contributed by atoms with Gasteiger partial charge in [-0.05, 0) is 34.1 Å². The molecule has 2 rings (SSSR count). The van der Waals surface area contributed by atoms with E-state index in [2.05, 4.69) is 15.9 Å². The molecule has 1 aliphatic rings. The maximum Gasteiger partial charge on any atom is 0.234 e. The molecule has 1 aromatic carbocycles. The van der Waals surface area contributed by atoms with Crippen molar-refractivity contribution in [3.05, 3.63) is 28.2 Å². The van der Waals surface area contributed by atoms with Gasteiger partial charge < -0.3 is 5.73 Å². The molecule has 6 heteroatoms. The van der Waals surface area contributed by atoms with Crippen molar-refractivity contribution in [2.75, 3.05) is 4.90 Å². The minimum atomic E-state index is -0.182. The lowest BCUT2D eigenvalue weighted by atomic mass is 10.2. The van der Waals surface area contributed by atoms with Crippen LogP contribution in [0.1, 0.15) is 18.4 Å². The topological polar surface area (TPSA) is 63.4 Å². The number of rotatable bonds is 2. The Kier molecular flexibility index (Phi) is 3.26. The maximum absolute atomic E-state index is 11.6. The second-order valence-corrected chi connectivity index (χ2v) is 4.95. The van der Waals surface area contributed by atoms with Crippen molar-refractivity contribution < 1.29 is 9.59 Å². The lowest BCUT2D eigenvalue weighted by molar-refractivity contribution is -0.121. The van der Waals surface area contributed by atoms with Crippen molar-refractivity contribution >= 4 is 50.6 Å². The monoisotopic (exact) mass is 312 g/mol. The Morgan fingerprint density at radius 2 is 1.88 bits per heavy atom. The molecule has 17 heavy (non-hydrogen) atoms. The Morgan fingerprint density at radius 1 is 1.29 bits per heavy atom. The minimum absolute atomic E-state index is 0.182. The number of carbonyl (C=O) groups excluding carboxylic acids is 2. The van der Waals surface area contributed by atoms with Crippen molar-refractivity contribution in [3.63, 3.8) is 0 Å². The largest absolute Gasteiger partial charge is 0.389 e. The van der Waals surface area contributed by atoms with Crippen LogP contribution in [0.25, 0.3) is 0 Å². The standard InChI is InChI=1S/C11H9BrN2O2S/c12-7-5-6(11(13)17)1-2-8(7)14-9(15)3-4-10(14)16/h1-2,5H,3-4H2,(H2,13,17). The van der Waals surface area contributed by atoms with E-state index in [4.69, 9.17) is 18.0 Å². The molecule has 0 bridgehead atoms. The highest BCUT2D eigenvalue weighted by Gasteiger charge is 2.31. The number of amides is 2. The first-order chi connectivity index (χ1) is 8.00. The highest BCUT2D eigenvalue weighted by atomic mass is 79.9. The molecule has 1 aliphatic heterocycles. The van der Waals surface area contributed by atoms with E-state index in [9.17, 15) is 9.59 Å². The van der Waals surface area contributed by atoms with Crippen molar-refractivity contribution in [2.24, 2.45) is 5.73 Å². The number of imide groups is 1. The number of hydrogen-bond acceptors (Lipinski definition) is 3. The molecule has 1 heterocycles. The van der Waals surface area contributed by atoms with Crippen LogP contribution in [0.2, 0.25) is 0 Å². The maximum atomic E-state index is 11.6. The minimum Gasteiger partial charge on any atom is -0.389 e. The molecule has 1 fully saturated rings. The van der Waals surface area contributed by atoms with Gasteiger partial charge in [-0.1, -0.05) is 12.2 Å². The molecule has 2 N–H and O–H groups in total. The van der Waals surface area contributed by atoms with Crippen LogP contribution < -0.4 is 10.6 Å². The second kappa shape index (κ2) is 4.54. The number of benzene rings is 1. The summed E-state index contributed by atoms with van der Waals surface area (Å²) >= 11 is 8.17. The number of carbonyl (C=O) groups is 2. The first-order valence-electron chi connectivity index (χ1n) is 4.96. The van der Waals surface area contributed by atoms with Gasteiger partial charge in [0.1, 0.15) is 4.99 Å². The van der Waals surface area contributed by atoms with Crippen LogP contribution in [0.5, 0.6) is 0 Å². The number of thiocarbonyl (C=S) groups is 1. The van der Waals surface area contributed by atoms with Crippen LogP contribution >= 0.6 is 28.1 Å². The summed E-state index contributed by atoms with van der Waals surface area (Å²) in [7, 11) is 0. The van der Waals surface area contributed by atoms with Crippen LogP contribution in [0.3, 0.4) is 0 Å². The normalized spacial score (nSPS) is 15.5. The molecule has 0 aliphatic carbocycles. The van der Waals surface area contributed by atoms with Gasteiger partial charge in [0.2, 0.25) is 11.8 Å². The molecule has 88 valence electrons. The fourth-order valence-electron chi connectivity index (χ4n) is 1.69. The first kappa shape index (κ1) is 12.2. The summed E-state index contributed by atoms with van der Waals surface area (Å²) < 4.78 is 0.631. The SMILES string of the molecule is NC(=S)c1ccc(N2C(=O)CCC2=O)c(Br)c1. The van der Waals surface area contributed by atoms with Gasteiger partial charge in [0.25, 0.3) is 0 Å². The lowest BCUT2D eigenvalue weighted by Gasteiger charge is -2.16. The van der Waals surface area contributed by atoms with E-state index < -0.39 is 0 Å². The summed E-state index contributed by atoms with van der Waals surface area (Å²) in [6.07, 6.45) is 0.532. The summed E-state index contributed by atoms with van der Waals surface area (Å²) in [5, 5.41) is 0. The molecule has 0 spiro atoms. The van der Waals surface area contributed by atoms with E-state index in [1.165, 1.54) is 4.90 Å². The van der Waals surface area contributed by atoms with Crippen molar-refractivity contribution in [1.82, 2.24) is 0 Å². The molecule has 0 radical (unpaired) electrons. The smallest absolute Gasteiger partial charge is 0.234 e. The van der Waals surface area contributed by atoms with E-state index in [-0.39, 0.29) is 29.6 Å². The zero-order chi connectivity index (χ0) is 12.6. The summed E-state index contributed by atoms with van der Waals surface area (Å²) in [6, 6.07) is 5.07. The predicted octanol–water partition coefficient (Wildman–Crippen LogP) is 1.74. The molecule has 4 nitrogen and oxygen atoms in total. The molecule has 2 amide bonds. The van der Waals surface area contributed by atoms with E-state index in [0.29, 0.717) is 15.7 Å². The Balaban J connectivity index is 2.43. The van der Waals surface area contributed by atoms with Gasteiger partial charge in [-0.2, -0.15) is 0 Å². The third-order valence-electron chi connectivity index (χ3n) is 2.52. The first-order valence-corrected chi connectivity index (χ1v) is 6.16. The Hall–Kier alpha value is -1.27. The molecule has 0 saturated carbocycles. The average Bonchev–Trinajstić information content (AvgIpc) is 2.59. The van der Waals surface area contributed by atoms with Gasteiger partial charge in [0.05, 0.1) is 5.69 Å². The highest BCUT2D eigenvalue weighted by Crippen LogP contribution is 2.31. The van der Waals surface area contributed by atoms with Gasteiger partial charge in [-0.15, -0.1) is 0 Å². The molecule has 1 aromatic rings. The van der Waals surface area contributed by atoms with Crippen LogP contribution in [-0.2, 0) is 9.59 Å². The molecular formula is C11H9BrN2O2S. The highest BCUT2D eigenvalue weighted by molar-refractivity contribution is 9.10. The Labute approximate surface area is 112 Å². The number of nitrogens with two attached hydrogens (primary N) is 1. The molecule has 0 atom stereocenters. The zero-order valence-electron chi connectivity index (χ0n) is 8.77. The van der Waals surface area contributed by atoms with Crippen LogP contribution in [0.15, 0.2) is 22.7 Å². The summed E-state index contributed by atoms with van der Waals surface area (Å²) in [5.74, 6) is -0.363. The van der Waals surface area contributed by atoms with Crippen LogP contribution in [0, 0.1) is 0 Å². The van der Waals surface area contributed by atoms with Crippen molar-refractivity contribution in [1.29, 1.82) is 0 Å². The molecule has 0 aromatic heterocycles. The Bertz CT molecular complexity index is 514. The van der Waals surface area contributed by atoms with Gasteiger partial charge >= 0.3 is 0 Å². The number of hydrogen-bond donors (Lipinski definition) is 1. The summed E-state index contributed by atoms with van der Waals surface area (Å²) in [5.41, 5.74) is 6.73. The number of halogens is 1. The average molecular weight is 313 g/mol. The van der Waals surface area contributed by atoms with E-state index in [1.54, 1.807) is 18.2 Å². The zero-order valence-corrected chi connectivity index (χ0v) is 11.2. The van der Waals surface area contributed by atoms with Gasteiger partial charge in [0.15, 0.2) is 0 Å². The fourth-order valence-corrected chi connectivity index (χ4v) is 2.37. The third-order valence-corrected chi connectivity index (χ3v) is 3.40. The van der Waals surface area contributed by atoms with E-state index in [0.717, 1.165) is 0 Å². The predicted molar refractivity (Wildman–Crippen MR) is 71.8 cm³/mol. The number of nitrogens with zero attached hydrogens (tertiary/aromatic N) is 1. The number of anilines is 1. The van der Waals surface area contributed by atoms with Crippen molar-refractivity contribution in [2.45, 2.75) is 12.8 Å². The van der Waals surface area contributed by atoms with Gasteiger partial charge in [-0.3, -0.25) is 9.59 Å². The van der Waals surface area contributed by atoms with E-state index in [1.807, 2.05) is 0 Å². The van der Waals surface area contributed by atoms with Gasteiger partial charge in [0, 0.05) is 22.9 Å². The fraction of sp³-hybridized carbons (Fsp3) is 0.182. The van der Waals surface area contributed by atoms with E-state index >= 15 is 0 Å². The van der Waals surface area contributed by atoms with Crippen LogP contribution in [-0.4, -0.2) is 16.8 Å². The summed E-state index contributed by atoms with van der Waals surface area (Å²) in [4.78, 5) is 24.6. The van der Waals surface area contributed by atoms with Crippen LogP contribution in [0.4, 0.5) is 5.69 Å². The molecule has 0 unspecified atom stereocenters. The molecular weight excluding hydrogens is 304 g/mol. The molecule has 1 saturated heterocycles. The second-order valence-electron chi connectivity index (χ2n) is 3.65. The summed E-state index contributed by atoms with van der Waals surface area (Å²) in [6.45, 7) is 0. The van der Waals surface area contributed by atoms with Crippen molar-refractivity contribution in [3.8, 4) is 0 Å².